The normalized spacial score (nSPS) is 15.1. The number of carbonyl (C=O) groups excluding carboxylic acids is 1. The molecular weight excluding hydrogens is 334 g/mol. The minimum absolute atomic E-state index is 0. The van der Waals surface area contributed by atoms with Gasteiger partial charge in [0, 0.05) is 23.4 Å². The van der Waals surface area contributed by atoms with E-state index >= 15 is 0 Å². The molecule has 5 nitrogen and oxygen atoms in total. The van der Waals surface area contributed by atoms with Gasteiger partial charge in [0.05, 0.1) is 18.2 Å². The predicted octanol–water partition coefficient (Wildman–Crippen LogP) is 3.09. The SMILES string of the molecule is CC(N)C(C)C(=O)Nc1nc(-c2ccc3c(c2)CCO3)cs1.Cl. The molecular formula is C16H20ClN3O2S. The average Bonchev–Trinajstić information content (AvgIpc) is 3.13. The molecule has 0 saturated heterocycles. The summed E-state index contributed by atoms with van der Waals surface area (Å²) < 4.78 is 5.51. The summed E-state index contributed by atoms with van der Waals surface area (Å²) in [5.41, 5.74) is 8.87. The Morgan fingerprint density at radius 2 is 2.22 bits per heavy atom. The smallest absolute Gasteiger partial charge is 0.230 e. The van der Waals surface area contributed by atoms with Gasteiger partial charge in [0.15, 0.2) is 5.13 Å². The molecule has 2 atom stereocenters. The zero-order valence-corrected chi connectivity index (χ0v) is 14.7. The van der Waals surface area contributed by atoms with Crippen molar-refractivity contribution in [1.82, 2.24) is 4.98 Å². The lowest BCUT2D eigenvalue weighted by Crippen LogP contribution is -2.34. The highest BCUT2D eigenvalue weighted by atomic mass is 35.5. The Labute approximate surface area is 145 Å². The molecule has 0 radical (unpaired) electrons. The minimum atomic E-state index is -0.246. The molecule has 23 heavy (non-hydrogen) atoms. The number of aromatic nitrogens is 1. The predicted molar refractivity (Wildman–Crippen MR) is 95.4 cm³/mol. The van der Waals surface area contributed by atoms with Crippen LogP contribution in [0.5, 0.6) is 5.75 Å². The van der Waals surface area contributed by atoms with Crippen LogP contribution < -0.4 is 15.8 Å². The molecule has 1 aromatic heterocycles. The molecule has 0 saturated carbocycles. The number of nitrogens with one attached hydrogen (secondary N) is 1. The van der Waals surface area contributed by atoms with Crippen molar-refractivity contribution in [3.8, 4) is 17.0 Å². The van der Waals surface area contributed by atoms with Crippen molar-refractivity contribution in [2.24, 2.45) is 11.7 Å². The first-order valence-electron chi connectivity index (χ1n) is 7.32. The highest BCUT2D eigenvalue weighted by Gasteiger charge is 2.19. The number of hydrogen-bond donors (Lipinski definition) is 2. The third-order valence-corrected chi connectivity index (χ3v) is 4.68. The van der Waals surface area contributed by atoms with Crippen LogP contribution in [-0.2, 0) is 11.2 Å². The lowest BCUT2D eigenvalue weighted by Gasteiger charge is -2.13. The number of carbonyl (C=O) groups is 1. The van der Waals surface area contributed by atoms with Crippen molar-refractivity contribution in [2.45, 2.75) is 26.3 Å². The van der Waals surface area contributed by atoms with Crippen molar-refractivity contribution < 1.29 is 9.53 Å². The minimum Gasteiger partial charge on any atom is -0.493 e. The molecule has 3 rings (SSSR count). The zero-order valence-electron chi connectivity index (χ0n) is 13.0. The highest BCUT2D eigenvalue weighted by Crippen LogP contribution is 2.32. The van der Waals surface area contributed by atoms with Gasteiger partial charge in [0.1, 0.15) is 5.75 Å². The first kappa shape index (κ1) is 17.7. The van der Waals surface area contributed by atoms with Crippen LogP contribution in [0, 0.1) is 5.92 Å². The third-order valence-electron chi connectivity index (χ3n) is 3.92. The lowest BCUT2D eigenvalue weighted by molar-refractivity contribution is -0.119. The number of ether oxygens (including phenoxy) is 1. The van der Waals surface area contributed by atoms with Gasteiger partial charge in [0.25, 0.3) is 0 Å². The molecule has 2 heterocycles. The molecule has 0 bridgehead atoms. The summed E-state index contributed by atoms with van der Waals surface area (Å²) >= 11 is 1.42. The maximum absolute atomic E-state index is 12.0. The van der Waals surface area contributed by atoms with Gasteiger partial charge in [0.2, 0.25) is 5.91 Å². The molecule has 0 spiro atoms. The molecule has 3 N–H and O–H groups in total. The molecule has 124 valence electrons. The molecule has 2 unspecified atom stereocenters. The summed E-state index contributed by atoms with van der Waals surface area (Å²) in [6.07, 6.45) is 0.933. The quantitative estimate of drug-likeness (QED) is 0.885. The van der Waals surface area contributed by atoms with Crippen LogP contribution in [0.4, 0.5) is 5.13 Å². The molecule has 0 fully saturated rings. The van der Waals surface area contributed by atoms with E-state index in [1.165, 1.54) is 16.9 Å². The van der Waals surface area contributed by atoms with Crippen LogP contribution in [0.2, 0.25) is 0 Å². The van der Waals surface area contributed by atoms with E-state index in [-0.39, 0.29) is 30.3 Å². The Balaban J connectivity index is 0.00000192. The highest BCUT2D eigenvalue weighted by molar-refractivity contribution is 7.14. The van der Waals surface area contributed by atoms with E-state index in [9.17, 15) is 4.79 Å². The van der Waals surface area contributed by atoms with Gasteiger partial charge in [-0.05, 0) is 30.7 Å². The van der Waals surface area contributed by atoms with Gasteiger partial charge < -0.3 is 15.8 Å². The van der Waals surface area contributed by atoms with Gasteiger partial charge >= 0.3 is 0 Å². The monoisotopic (exact) mass is 353 g/mol. The van der Waals surface area contributed by atoms with Crippen LogP contribution in [0.3, 0.4) is 0 Å². The van der Waals surface area contributed by atoms with Gasteiger partial charge in [-0.15, -0.1) is 23.7 Å². The summed E-state index contributed by atoms with van der Waals surface area (Å²) in [6, 6.07) is 5.90. The summed E-state index contributed by atoms with van der Waals surface area (Å²) in [7, 11) is 0. The third kappa shape index (κ3) is 3.83. The second kappa shape index (κ2) is 7.29. The van der Waals surface area contributed by atoms with E-state index in [4.69, 9.17) is 10.5 Å². The van der Waals surface area contributed by atoms with E-state index in [2.05, 4.69) is 16.4 Å². The number of thiazole rings is 1. The standard InChI is InChI=1S/C16H19N3O2S.ClH/c1-9(10(2)17)15(20)19-16-18-13(8-22-16)11-3-4-14-12(7-11)5-6-21-14;/h3-4,7-10H,5-6,17H2,1-2H3,(H,18,19,20);1H. The zero-order chi connectivity index (χ0) is 15.7. The van der Waals surface area contributed by atoms with E-state index in [0.29, 0.717) is 5.13 Å². The fourth-order valence-corrected chi connectivity index (χ4v) is 2.99. The number of amides is 1. The second-order valence-electron chi connectivity index (χ2n) is 5.60. The summed E-state index contributed by atoms with van der Waals surface area (Å²) in [4.78, 5) is 16.5. The Bertz CT molecular complexity index is 702. The summed E-state index contributed by atoms with van der Waals surface area (Å²) in [6.45, 7) is 4.38. The van der Waals surface area contributed by atoms with Gasteiger partial charge in [-0.25, -0.2) is 4.98 Å². The largest absolute Gasteiger partial charge is 0.493 e. The number of halogens is 1. The van der Waals surface area contributed by atoms with E-state index in [0.717, 1.165) is 30.0 Å². The van der Waals surface area contributed by atoms with Crippen LogP contribution >= 0.6 is 23.7 Å². The van der Waals surface area contributed by atoms with Crippen molar-refractivity contribution in [1.29, 1.82) is 0 Å². The first-order chi connectivity index (χ1) is 10.5. The number of fused-ring (bicyclic) bond motifs is 1. The van der Waals surface area contributed by atoms with E-state index in [1.807, 2.05) is 31.4 Å². The fourth-order valence-electron chi connectivity index (χ4n) is 2.27. The summed E-state index contributed by atoms with van der Waals surface area (Å²) in [5.74, 6) is 0.612. The number of nitrogens with zero attached hydrogens (tertiary/aromatic N) is 1. The van der Waals surface area contributed by atoms with E-state index in [1.54, 1.807) is 0 Å². The number of rotatable bonds is 4. The van der Waals surface area contributed by atoms with Crippen molar-refractivity contribution in [3.05, 3.63) is 29.1 Å². The average molecular weight is 354 g/mol. The molecule has 1 aromatic carbocycles. The molecule has 1 aliphatic rings. The number of hydrogen-bond acceptors (Lipinski definition) is 5. The molecule has 2 aromatic rings. The van der Waals surface area contributed by atoms with Crippen LogP contribution in [-0.4, -0.2) is 23.5 Å². The van der Waals surface area contributed by atoms with Crippen LogP contribution in [0.25, 0.3) is 11.3 Å². The van der Waals surface area contributed by atoms with Gasteiger partial charge in [-0.2, -0.15) is 0 Å². The lowest BCUT2D eigenvalue weighted by atomic mass is 10.0. The Hall–Kier alpha value is -1.63. The number of benzene rings is 1. The number of anilines is 1. The first-order valence-corrected chi connectivity index (χ1v) is 8.20. The van der Waals surface area contributed by atoms with Crippen LogP contribution in [0.15, 0.2) is 23.6 Å². The van der Waals surface area contributed by atoms with Crippen molar-refractivity contribution in [2.75, 3.05) is 11.9 Å². The Kier molecular flexibility index (Phi) is 5.62. The van der Waals surface area contributed by atoms with E-state index < -0.39 is 0 Å². The second-order valence-corrected chi connectivity index (χ2v) is 6.45. The molecule has 0 aliphatic carbocycles. The molecule has 1 amide bonds. The fraction of sp³-hybridized carbons (Fsp3) is 0.375. The Morgan fingerprint density at radius 3 is 2.96 bits per heavy atom. The maximum Gasteiger partial charge on any atom is 0.230 e. The molecule has 7 heteroatoms. The Morgan fingerprint density at radius 1 is 1.43 bits per heavy atom. The van der Waals surface area contributed by atoms with Gasteiger partial charge in [-0.1, -0.05) is 6.92 Å². The molecule has 1 aliphatic heterocycles. The number of nitrogens with two attached hydrogens (primary N) is 1. The topological polar surface area (TPSA) is 77.2 Å². The van der Waals surface area contributed by atoms with Crippen molar-refractivity contribution >= 4 is 34.8 Å². The maximum atomic E-state index is 12.0. The van der Waals surface area contributed by atoms with Crippen LogP contribution in [0.1, 0.15) is 19.4 Å². The van der Waals surface area contributed by atoms with Gasteiger partial charge in [-0.3, -0.25) is 4.79 Å². The summed E-state index contributed by atoms with van der Waals surface area (Å²) in [5, 5.41) is 5.38. The van der Waals surface area contributed by atoms with Crippen molar-refractivity contribution in [3.63, 3.8) is 0 Å².